The summed E-state index contributed by atoms with van der Waals surface area (Å²) in [5.74, 6) is -0.284. The lowest BCUT2D eigenvalue weighted by Crippen LogP contribution is -2.24. The smallest absolute Gasteiger partial charge is 0.123 e. The minimum absolute atomic E-state index is 0.284. The van der Waals surface area contributed by atoms with Gasteiger partial charge in [-0.3, -0.25) is 4.90 Å². The van der Waals surface area contributed by atoms with Crippen molar-refractivity contribution in [1.29, 1.82) is 0 Å². The van der Waals surface area contributed by atoms with Crippen LogP contribution in [0.5, 0.6) is 0 Å². The van der Waals surface area contributed by atoms with Gasteiger partial charge in [-0.15, -0.1) is 0 Å². The van der Waals surface area contributed by atoms with Gasteiger partial charge in [-0.25, -0.2) is 4.39 Å². The van der Waals surface area contributed by atoms with Crippen LogP contribution in [0.15, 0.2) is 54.6 Å². The van der Waals surface area contributed by atoms with Crippen LogP contribution in [0.1, 0.15) is 17.2 Å². The minimum atomic E-state index is -0.602. The Hall–Kier alpha value is -1.71. The van der Waals surface area contributed by atoms with E-state index < -0.39 is 6.10 Å². The molecule has 2 rings (SSSR count). The molecule has 3 heteroatoms. The molecule has 0 saturated heterocycles. The van der Waals surface area contributed by atoms with E-state index in [-0.39, 0.29) is 5.82 Å². The standard InChI is InChI=1S/C16H18FNO/c1-18(11-13-5-3-2-4-6-13)12-16(19)14-7-9-15(17)10-8-14/h2-10,16,19H,11-12H2,1H3/t16-/m1/s1. The molecule has 0 aromatic heterocycles. The largest absolute Gasteiger partial charge is 0.387 e. The molecule has 19 heavy (non-hydrogen) atoms. The lowest BCUT2D eigenvalue weighted by atomic mass is 10.1. The van der Waals surface area contributed by atoms with Crippen molar-refractivity contribution in [1.82, 2.24) is 4.90 Å². The Balaban J connectivity index is 1.91. The zero-order valence-corrected chi connectivity index (χ0v) is 11.0. The summed E-state index contributed by atoms with van der Waals surface area (Å²) in [6.07, 6.45) is -0.602. The molecule has 1 N–H and O–H groups in total. The molecule has 0 amide bonds. The summed E-state index contributed by atoms with van der Waals surface area (Å²) in [6, 6.07) is 16.1. The van der Waals surface area contributed by atoms with E-state index in [9.17, 15) is 9.50 Å². The second kappa shape index (κ2) is 6.45. The van der Waals surface area contributed by atoms with Crippen molar-refractivity contribution >= 4 is 0 Å². The highest BCUT2D eigenvalue weighted by molar-refractivity contribution is 5.19. The van der Waals surface area contributed by atoms with E-state index in [0.29, 0.717) is 6.54 Å². The Morgan fingerprint density at radius 1 is 1.05 bits per heavy atom. The van der Waals surface area contributed by atoms with Crippen LogP contribution in [-0.2, 0) is 6.54 Å². The lowest BCUT2D eigenvalue weighted by molar-refractivity contribution is 0.124. The highest BCUT2D eigenvalue weighted by Crippen LogP contribution is 2.15. The van der Waals surface area contributed by atoms with Gasteiger partial charge >= 0.3 is 0 Å². The zero-order valence-electron chi connectivity index (χ0n) is 11.0. The molecule has 0 fully saturated rings. The summed E-state index contributed by atoms with van der Waals surface area (Å²) in [5, 5.41) is 10.1. The predicted octanol–water partition coefficient (Wildman–Crippen LogP) is 2.99. The fourth-order valence-electron chi connectivity index (χ4n) is 2.05. The number of halogens is 1. The first kappa shape index (κ1) is 13.7. The third-order valence-electron chi connectivity index (χ3n) is 3.03. The van der Waals surface area contributed by atoms with Crippen molar-refractivity contribution in [3.05, 3.63) is 71.5 Å². The Labute approximate surface area is 113 Å². The summed E-state index contributed by atoms with van der Waals surface area (Å²) in [5.41, 5.74) is 1.94. The molecular weight excluding hydrogens is 241 g/mol. The van der Waals surface area contributed by atoms with Crippen molar-refractivity contribution in [2.45, 2.75) is 12.6 Å². The monoisotopic (exact) mass is 259 g/mol. The Kier molecular flexibility index (Phi) is 4.66. The lowest BCUT2D eigenvalue weighted by Gasteiger charge is -2.20. The van der Waals surface area contributed by atoms with Crippen LogP contribution in [0.3, 0.4) is 0 Å². The average Bonchev–Trinajstić information content (AvgIpc) is 2.40. The number of benzene rings is 2. The normalized spacial score (nSPS) is 12.6. The number of nitrogens with zero attached hydrogens (tertiary/aromatic N) is 1. The van der Waals surface area contributed by atoms with Crippen LogP contribution in [0.25, 0.3) is 0 Å². The third kappa shape index (κ3) is 4.16. The fraction of sp³-hybridized carbons (Fsp3) is 0.250. The van der Waals surface area contributed by atoms with E-state index in [2.05, 4.69) is 12.1 Å². The van der Waals surface area contributed by atoms with Gasteiger partial charge in [0.1, 0.15) is 5.82 Å². The van der Waals surface area contributed by atoms with Gasteiger partial charge in [-0.05, 0) is 30.3 Å². The molecule has 0 aliphatic carbocycles. The predicted molar refractivity (Wildman–Crippen MR) is 74.1 cm³/mol. The van der Waals surface area contributed by atoms with E-state index in [1.165, 1.54) is 17.7 Å². The molecule has 2 aromatic carbocycles. The van der Waals surface area contributed by atoms with E-state index in [4.69, 9.17) is 0 Å². The number of aliphatic hydroxyl groups excluding tert-OH is 1. The first-order valence-electron chi connectivity index (χ1n) is 6.31. The summed E-state index contributed by atoms with van der Waals surface area (Å²) in [6.45, 7) is 1.29. The quantitative estimate of drug-likeness (QED) is 0.892. The maximum atomic E-state index is 12.8. The second-order valence-corrected chi connectivity index (χ2v) is 4.75. The molecule has 2 aromatic rings. The maximum Gasteiger partial charge on any atom is 0.123 e. The highest BCUT2D eigenvalue weighted by atomic mass is 19.1. The Bertz CT molecular complexity index is 498. The van der Waals surface area contributed by atoms with Crippen LogP contribution < -0.4 is 0 Å². The van der Waals surface area contributed by atoms with E-state index in [0.717, 1.165) is 12.1 Å². The number of aliphatic hydroxyl groups is 1. The van der Waals surface area contributed by atoms with E-state index >= 15 is 0 Å². The molecule has 0 unspecified atom stereocenters. The summed E-state index contributed by atoms with van der Waals surface area (Å²) in [7, 11) is 1.96. The van der Waals surface area contributed by atoms with Gasteiger partial charge < -0.3 is 5.11 Å². The number of likely N-dealkylation sites (N-methyl/N-ethyl adjacent to an activating group) is 1. The second-order valence-electron chi connectivity index (χ2n) is 4.75. The van der Waals surface area contributed by atoms with Gasteiger partial charge in [0.25, 0.3) is 0 Å². The topological polar surface area (TPSA) is 23.5 Å². The number of hydrogen-bond acceptors (Lipinski definition) is 2. The number of rotatable bonds is 5. The fourth-order valence-corrected chi connectivity index (χ4v) is 2.05. The van der Waals surface area contributed by atoms with Crippen molar-refractivity contribution < 1.29 is 9.50 Å². The molecular formula is C16H18FNO. The third-order valence-corrected chi connectivity index (χ3v) is 3.03. The van der Waals surface area contributed by atoms with Gasteiger partial charge in [0.15, 0.2) is 0 Å². The van der Waals surface area contributed by atoms with Gasteiger partial charge in [0.2, 0.25) is 0 Å². The number of hydrogen-bond donors (Lipinski definition) is 1. The first-order valence-corrected chi connectivity index (χ1v) is 6.31. The van der Waals surface area contributed by atoms with E-state index in [1.54, 1.807) is 12.1 Å². The SMILES string of the molecule is CN(Cc1ccccc1)C[C@@H](O)c1ccc(F)cc1. The molecule has 0 spiro atoms. The molecule has 0 radical (unpaired) electrons. The van der Waals surface area contributed by atoms with Crippen molar-refractivity contribution in [2.75, 3.05) is 13.6 Å². The molecule has 0 bridgehead atoms. The molecule has 2 nitrogen and oxygen atoms in total. The first-order chi connectivity index (χ1) is 9.15. The molecule has 0 aliphatic rings. The van der Waals surface area contributed by atoms with Crippen LogP contribution in [0.4, 0.5) is 4.39 Å². The minimum Gasteiger partial charge on any atom is -0.387 e. The molecule has 0 heterocycles. The maximum absolute atomic E-state index is 12.8. The summed E-state index contributed by atoms with van der Waals surface area (Å²) >= 11 is 0. The molecule has 100 valence electrons. The van der Waals surface area contributed by atoms with Crippen LogP contribution >= 0.6 is 0 Å². The van der Waals surface area contributed by atoms with Gasteiger partial charge in [0.05, 0.1) is 6.10 Å². The van der Waals surface area contributed by atoms with E-state index in [1.807, 2.05) is 30.1 Å². The van der Waals surface area contributed by atoms with Crippen LogP contribution in [0, 0.1) is 5.82 Å². The highest BCUT2D eigenvalue weighted by Gasteiger charge is 2.11. The average molecular weight is 259 g/mol. The van der Waals surface area contributed by atoms with Gasteiger partial charge in [0, 0.05) is 13.1 Å². The van der Waals surface area contributed by atoms with Crippen LogP contribution in [-0.4, -0.2) is 23.6 Å². The van der Waals surface area contributed by atoms with Gasteiger partial charge in [-0.1, -0.05) is 42.5 Å². The molecule has 0 aliphatic heterocycles. The Morgan fingerprint density at radius 3 is 2.32 bits per heavy atom. The van der Waals surface area contributed by atoms with Crippen molar-refractivity contribution in [3.63, 3.8) is 0 Å². The summed E-state index contributed by atoms with van der Waals surface area (Å²) < 4.78 is 12.8. The Morgan fingerprint density at radius 2 is 1.68 bits per heavy atom. The molecule has 1 atom stereocenters. The van der Waals surface area contributed by atoms with Gasteiger partial charge in [-0.2, -0.15) is 0 Å². The molecule has 0 saturated carbocycles. The zero-order chi connectivity index (χ0) is 13.7. The van der Waals surface area contributed by atoms with Crippen molar-refractivity contribution in [3.8, 4) is 0 Å². The van der Waals surface area contributed by atoms with Crippen LogP contribution in [0.2, 0.25) is 0 Å². The summed E-state index contributed by atoms with van der Waals surface area (Å²) in [4.78, 5) is 2.04. The van der Waals surface area contributed by atoms with Crippen molar-refractivity contribution in [2.24, 2.45) is 0 Å².